The van der Waals surface area contributed by atoms with E-state index in [4.69, 9.17) is 0 Å². The number of aromatic hydroxyl groups is 1. The Morgan fingerprint density at radius 1 is 1.00 bits per heavy atom. The molecule has 1 aromatic heterocycles. The van der Waals surface area contributed by atoms with E-state index < -0.39 is 17.8 Å². The van der Waals surface area contributed by atoms with Gasteiger partial charge in [0.1, 0.15) is 17.3 Å². The Kier molecular flexibility index (Phi) is 4.41. The molecule has 1 fully saturated rings. The quantitative estimate of drug-likeness (QED) is 0.540. The van der Waals surface area contributed by atoms with E-state index in [-0.39, 0.29) is 23.6 Å². The third kappa shape index (κ3) is 3.25. The molecule has 0 bridgehead atoms. The minimum Gasteiger partial charge on any atom is -0.508 e. The third-order valence-corrected chi connectivity index (χ3v) is 4.45. The Hall–Kier alpha value is -3.87. The van der Waals surface area contributed by atoms with Crippen molar-refractivity contribution in [3.05, 3.63) is 89.6 Å². The summed E-state index contributed by atoms with van der Waals surface area (Å²) >= 11 is 0. The van der Waals surface area contributed by atoms with E-state index in [1.54, 1.807) is 60.8 Å². The average molecular weight is 377 g/mol. The molecule has 7 heteroatoms. The molecule has 28 heavy (non-hydrogen) atoms. The summed E-state index contributed by atoms with van der Waals surface area (Å²) in [5.74, 6) is -0.841. The number of phenolic OH excluding ortho intramolecular Hbond substituents is 1. The number of phenols is 1. The minimum atomic E-state index is -0.595. The Morgan fingerprint density at radius 2 is 1.75 bits per heavy atom. The molecule has 140 valence electrons. The smallest absolute Gasteiger partial charge is 0.329 e. The van der Waals surface area contributed by atoms with Crippen molar-refractivity contribution in [2.24, 2.45) is 0 Å². The number of imide groups is 1. The highest BCUT2D eigenvalue weighted by molar-refractivity contribution is 6.13. The van der Waals surface area contributed by atoms with E-state index in [1.807, 2.05) is 4.57 Å². The number of hydrogen-bond acceptors (Lipinski definition) is 3. The molecule has 0 aliphatic carbocycles. The van der Waals surface area contributed by atoms with Crippen molar-refractivity contribution in [3.8, 4) is 11.4 Å². The van der Waals surface area contributed by atoms with Crippen molar-refractivity contribution in [3.63, 3.8) is 0 Å². The number of aromatic nitrogens is 1. The second-order valence-electron chi connectivity index (χ2n) is 6.29. The van der Waals surface area contributed by atoms with Gasteiger partial charge >= 0.3 is 6.03 Å². The van der Waals surface area contributed by atoms with Crippen molar-refractivity contribution < 1.29 is 19.1 Å². The molecule has 1 aliphatic heterocycles. The Bertz CT molecular complexity index is 1090. The van der Waals surface area contributed by atoms with Gasteiger partial charge in [-0.25, -0.2) is 9.18 Å². The summed E-state index contributed by atoms with van der Waals surface area (Å²) in [5.41, 5.74) is 1.83. The molecule has 2 heterocycles. The Morgan fingerprint density at radius 3 is 2.50 bits per heavy atom. The zero-order valence-electron chi connectivity index (χ0n) is 14.7. The molecule has 0 atom stereocenters. The fourth-order valence-corrected chi connectivity index (χ4v) is 3.02. The van der Waals surface area contributed by atoms with Crippen molar-refractivity contribution in [2.45, 2.75) is 6.54 Å². The lowest BCUT2D eigenvalue weighted by Gasteiger charge is -2.12. The summed E-state index contributed by atoms with van der Waals surface area (Å²) in [6, 6.07) is 15.6. The fourth-order valence-electron chi connectivity index (χ4n) is 3.02. The van der Waals surface area contributed by atoms with Crippen molar-refractivity contribution in [1.29, 1.82) is 0 Å². The first kappa shape index (κ1) is 17.5. The molecule has 1 saturated heterocycles. The van der Waals surface area contributed by atoms with Crippen LogP contribution in [0.15, 0.2) is 72.6 Å². The van der Waals surface area contributed by atoms with Crippen LogP contribution in [0.25, 0.3) is 11.8 Å². The molecular weight excluding hydrogens is 361 g/mol. The van der Waals surface area contributed by atoms with Gasteiger partial charge < -0.3 is 15.0 Å². The number of carbonyl (C=O) groups is 2. The molecule has 0 unspecified atom stereocenters. The zero-order valence-corrected chi connectivity index (χ0v) is 14.7. The van der Waals surface area contributed by atoms with E-state index in [2.05, 4.69) is 5.32 Å². The molecule has 3 amide bonds. The molecule has 2 aromatic carbocycles. The maximum absolute atomic E-state index is 13.9. The highest BCUT2D eigenvalue weighted by atomic mass is 19.1. The molecule has 1 aliphatic rings. The monoisotopic (exact) mass is 377 g/mol. The van der Waals surface area contributed by atoms with Crippen LogP contribution in [-0.4, -0.2) is 26.5 Å². The lowest BCUT2D eigenvalue weighted by molar-refractivity contribution is -0.123. The molecule has 6 nitrogen and oxygen atoms in total. The van der Waals surface area contributed by atoms with Crippen LogP contribution in [0.1, 0.15) is 11.3 Å². The summed E-state index contributed by atoms with van der Waals surface area (Å²) in [6.45, 7) is -0.145. The van der Waals surface area contributed by atoms with Crippen molar-refractivity contribution in [1.82, 2.24) is 14.8 Å². The van der Waals surface area contributed by atoms with Gasteiger partial charge in [-0.3, -0.25) is 9.69 Å². The van der Waals surface area contributed by atoms with Crippen molar-refractivity contribution >= 4 is 18.0 Å². The summed E-state index contributed by atoms with van der Waals surface area (Å²) in [5, 5.41) is 12.0. The number of hydrogen-bond donors (Lipinski definition) is 2. The van der Waals surface area contributed by atoms with Gasteiger partial charge in [0.2, 0.25) is 0 Å². The van der Waals surface area contributed by atoms with Gasteiger partial charge in [-0.1, -0.05) is 18.2 Å². The van der Waals surface area contributed by atoms with E-state index >= 15 is 0 Å². The summed E-state index contributed by atoms with van der Waals surface area (Å²) in [6.07, 6.45) is 3.37. The maximum atomic E-state index is 13.9. The zero-order chi connectivity index (χ0) is 19.7. The van der Waals surface area contributed by atoms with Crippen LogP contribution in [0.5, 0.6) is 5.75 Å². The molecular formula is C21H16FN3O3. The van der Waals surface area contributed by atoms with Crippen LogP contribution in [-0.2, 0) is 11.3 Å². The first-order valence-electron chi connectivity index (χ1n) is 8.57. The molecule has 2 N–H and O–H groups in total. The summed E-state index contributed by atoms with van der Waals surface area (Å²) in [7, 11) is 0. The summed E-state index contributed by atoms with van der Waals surface area (Å²) in [4.78, 5) is 25.9. The Labute approximate surface area is 160 Å². The van der Waals surface area contributed by atoms with Crippen LogP contribution >= 0.6 is 0 Å². The number of rotatable bonds is 4. The lowest BCUT2D eigenvalue weighted by Crippen LogP contribution is -2.30. The number of benzene rings is 2. The Balaban J connectivity index is 1.61. The predicted octanol–water partition coefficient (Wildman–Crippen LogP) is 3.41. The van der Waals surface area contributed by atoms with E-state index in [9.17, 15) is 19.1 Å². The largest absolute Gasteiger partial charge is 0.508 e. The molecule has 3 aromatic rings. The number of carbonyl (C=O) groups excluding carboxylic acids is 2. The lowest BCUT2D eigenvalue weighted by atomic mass is 10.2. The van der Waals surface area contributed by atoms with Gasteiger partial charge in [0.05, 0.1) is 6.54 Å². The molecule has 0 spiro atoms. The number of nitrogens with one attached hydrogen (secondary N) is 1. The third-order valence-electron chi connectivity index (χ3n) is 4.45. The number of urea groups is 1. The fraction of sp³-hybridized carbons (Fsp3) is 0.0476. The second-order valence-corrected chi connectivity index (χ2v) is 6.29. The summed E-state index contributed by atoms with van der Waals surface area (Å²) < 4.78 is 15.7. The highest BCUT2D eigenvalue weighted by Gasteiger charge is 2.34. The van der Waals surface area contributed by atoms with Gasteiger partial charge in [-0.05, 0) is 48.5 Å². The molecule has 4 rings (SSSR count). The molecule has 0 saturated carbocycles. The SMILES string of the molecule is O=C1N/C(=C\c2cccn2-c2ccc(O)cc2)C(=O)N1Cc1ccccc1F. The normalized spacial score (nSPS) is 15.3. The average Bonchev–Trinajstić information content (AvgIpc) is 3.24. The van der Waals surface area contributed by atoms with E-state index in [0.717, 1.165) is 10.6 Å². The number of nitrogens with zero attached hydrogens (tertiary/aromatic N) is 2. The maximum Gasteiger partial charge on any atom is 0.329 e. The van der Waals surface area contributed by atoms with Crippen LogP contribution in [0.3, 0.4) is 0 Å². The standard InChI is InChI=1S/C21H16FN3O3/c22-18-6-2-1-4-14(18)13-25-20(27)19(23-21(25)28)12-16-5-3-11-24(16)15-7-9-17(26)10-8-15/h1-12,26H,13H2,(H,23,28)/b19-12-. The van der Waals surface area contributed by atoms with Crippen LogP contribution in [0.4, 0.5) is 9.18 Å². The van der Waals surface area contributed by atoms with Crippen LogP contribution in [0, 0.1) is 5.82 Å². The van der Waals surface area contributed by atoms with Gasteiger partial charge in [0.25, 0.3) is 5.91 Å². The number of amides is 3. The van der Waals surface area contributed by atoms with Gasteiger partial charge in [-0.15, -0.1) is 0 Å². The van der Waals surface area contributed by atoms with E-state index in [1.165, 1.54) is 12.1 Å². The second kappa shape index (κ2) is 7.03. The predicted molar refractivity (Wildman–Crippen MR) is 101 cm³/mol. The highest BCUT2D eigenvalue weighted by Crippen LogP contribution is 2.21. The van der Waals surface area contributed by atoms with Crippen LogP contribution < -0.4 is 5.32 Å². The first-order chi connectivity index (χ1) is 13.5. The van der Waals surface area contributed by atoms with Crippen molar-refractivity contribution in [2.75, 3.05) is 0 Å². The van der Waals surface area contributed by atoms with Gasteiger partial charge in [0, 0.05) is 23.1 Å². The topological polar surface area (TPSA) is 74.6 Å². The van der Waals surface area contributed by atoms with E-state index in [0.29, 0.717) is 5.69 Å². The minimum absolute atomic E-state index is 0.111. The van der Waals surface area contributed by atoms with Crippen LogP contribution in [0.2, 0.25) is 0 Å². The van der Waals surface area contributed by atoms with Gasteiger partial charge in [0.15, 0.2) is 0 Å². The number of halogens is 1. The van der Waals surface area contributed by atoms with Gasteiger partial charge in [-0.2, -0.15) is 0 Å². The molecule has 0 radical (unpaired) electrons. The first-order valence-corrected chi connectivity index (χ1v) is 8.57.